The summed E-state index contributed by atoms with van der Waals surface area (Å²) in [6, 6.07) is -2.21. The smallest absolute Gasteiger partial charge is 0.329 e. The van der Waals surface area contributed by atoms with E-state index in [2.05, 4.69) is 12.2 Å². The van der Waals surface area contributed by atoms with E-state index >= 15 is 0 Å². The maximum absolute atomic E-state index is 13.3. The van der Waals surface area contributed by atoms with Gasteiger partial charge in [-0.2, -0.15) is 25.3 Å². The van der Waals surface area contributed by atoms with Gasteiger partial charge in [0.1, 0.15) is 17.7 Å². The average Bonchev–Trinajstić information content (AvgIpc) is 3.35. The molecule has 13 heteroatoms. The number of rotatable bonds is 15. The van der Waals surface area contributed by atoms with Crippen LogP contribution in [-0.2, 0) is 33.4 Å². The Hall–Kier alpha value is -2.25. The molecule has 11 nitrogen and oxygen atoms in total. The largest absolute Gasteiger partial charge is 0.478 e. The van der Waals surface area contributed by atoms with Gasteiger partial charge in [-0.15, -0.1) is 0 Å². The molecule has 1 unspecified atom stereocenters. The molecule has 0 aromatic heterocycles. The highest BCUT2D eigenvalue weighted by atomic mass is 32.2. The number of carbonyl (C=O) groups excluding carboxylic acids is 3. The second kappa shape index (κ2) is 19.0. The van der Waals surface area contributed by atoms with Crippen LogP contribution in [0.2, 0.25) is 0 Å². The molecular formula is C28H48N2O9S2. The van der Waals surface area contributed by atoms with Crippen molar-refractivity contribution in [2.45, 2.75) is 121 Å². The fourth-order valence-electron chi connectivity index (χ4n) is 4.11. The van der Waals surface area contributed by atoms with Gasteiger partial charge in [-0.05, 0) is 53.9 Å². The van der Waals surface area contributed by atoms with Crippen molar-refractivity contribution < 1.29 is 43.7 Å². The zero-order chi connectivity index (χ0) is 31.8. The van der Waals surface area contributed by atoms with Crippen LogP contribution in [0.25, 0.3) is 0 Å². The van der Waals surface area contributed by atoms with E-state index in [1.165, 1.54) is 6.42 Å². The van der Waals surface area contributed by atoms with Crippen LogP contribution in [0.1, 0.15) is 92.9 Å². The Morgan fingerprint density at radius 2 is 1.56 bits per heavy atom. The normalized spacial score (nSPS) is 16.9. The maximum Gasteiger partial charge on any atom is 0.329 e. The predicted octanol–water partition coefficient (Wildman–Crippen LogP) is 3.86. The molecule has 1 saturated heterocycles. The Kier molecular flexibility index (Phi) is 18.0. The first-order valence-corrected chi connectivity index (χ1v) is 14.9. The minimum absolute atomic E-state index is 0.223. The van der Waals surface area contributed by atoms with E-state index in [-0.39, 0.29) is 12.5 Å². The third kappa shape index (κ3) is 16.1. The summed E-state index contributed by atoms with van der Waals surface area (Å²) in [5, 5.41) is 18.7. The van der Waals surface area contributed by atoms with E-state index in [1.807, 2.05) is 0 Å². The van der Waals surface area contributed by atoms with Crippen molar-refractivity contribution >= 4 is 55.0 Å². The Balaban J connectivity index is 0.00000173. The van der Waals surface area contributed by atoms with Gasteiger partial charge in [-0.1, -0.05) is 39.0 Å². The zero-order valence-corrected chi connectivity index (χ0v) is 26.8. The number of amides is 1. The number of esters is 2. The Morgan fingerprint density at radius 3 is 2.05 bits per heavy atom. The number of hydrogen-bond acceptors (Lipinski definition) is 10. The van der Waals surface area contributed by atoms with Gasteiger partial charge in [0.05, 0.1) is 16.7 Å². The van der Waals surface area contributed by atoms with Gasteiger partial charge in [-0.25, -0.2) is 14.4 Å². The van der Waals surface area contributed by atoms with Crippen LogP contribution in [0.5, 0.6) is 0 Å². The number of hydrogen-bond donors (Lipinski definition) is 5. The maximum atomic E-state index is 13.3. The van der Waals surface area contributed by atoms with Crippen LogP contribution in [0.4, 0.5) is 0 Å². The summed E-state index contributed by atoms with van der Waals surface area (Å²) in [6.07, 6.45) is 8.36. The molecule has 1 amide bonds. The third-order valence-corrected chi connectivity index (χ3v) is 6.97. The van der Waals surface area contributed by atoms with Gasteiger partial charge in [0.25, 0.3) is 0 Å². The average molecular weight is 621 g/mol. The number of carboxylic acid groups (broad SMARTS) is 2. The Labute approximate surface area is 254 Å². The Morgan fingerprint density at radius 1 is 1.00 bits per heavy atom. The zero-order valence-electron chi connectivity index (χ0n) is 25.1. The number of likely N-dealkylation sites (tertiary alicyclic amines) is 1. The third-order valence-electron chi connectivity index (χ3n) is 6.00. The van der Waals surface area contributed by atoms with Crippen molar-refractivity contribution in [2.75, 3.05) is 13.2 Å². The van der Waals surface area contributed by atoms with E-state index in [1.54, 1.807) is 39.5 Å². The van der Waals surface area contributed by atoms with Crippen LogP contribution in [0, 0.1) is 0 Å². The molecule has 0 aliphatic carbocycles. The number of nitrogens with zero attached hydrogens (tertiary/aromatic N) is 1. The van der Waals surface area contributed by atoms with E-state index in [9.17, 15) is 24.0 Å². The minimum atomic E-state index is -1.26. The highest BCUT2D eigenvalue weighted by Crippen LogP contribution is 2.32. The molecule has 1 heterocycles. The molecule has 41 heavy (non-hydrogen) atoms. The molecule has 3 atom stereocenters. The topological polar surface area (TPSA) is 160 Å². The standard InChI is InChI=1S/C24H44N2O5S2.C4H4O4/c1-7-9-10-11-12-15-24(32,33)19(22(29)30-8-2)25-17(3)20(27)26-16-13-14-18(26)21(28)31-23(4,5)6;5-3(6)1-2-4(7)8/h17-19,25,32-33H,7-16H2,1-6H3;1-2H,(H,5,6)(H,7,8)/b;2-1-/t17?,18-,19+;/m0./s1. The molecule has 0 aromatic rings. The molecule has 0 bridgehead atoms. The van der Waals surface area contributed by atoms with E-state index in [4.69, 9.17) is 44.9 Å². The summed E-state index contributed by atoms with van der Waals surface area (Å²) in [5.74, 6) is -3.65. The van der Waals surface area contributed by atoms with E-state index < -0.39 is 51.7 Å². The van der Waals surface area contributed by atoms with Crippen molar-refractivity contribution in [3.8, 4) is 0 Å². The van der Waals surface area contributed by atoms with Crippen LogP contribution in [0.3, 0.4) is 0 Å². The van der Waals surface area contributed by atoms with Crippen molar-refractivity contribution in [3.63, 3.8) is 0 Å². The van der Waals surface area contributed by atoms with E-state index in [0.29, 0.717) is 31.5 Å². The van der Waals surface area contributed by atoms with Crippen LogP contribution < -0.4 is 5.32 Å². The lowest BCUT2D eigenvalue weighted by molar-refractivity contribution is -0.163. The van der Waals surface area contributed by atoms with E-state index in [0.717, 1.165) is 32.1 Å². The molecule has 3 N–H and O–H groups in total. The predicted molar refractivity (Wildman–Crippen MR) is 162 cm³/mol. The lowest BCUT2D eigenvalue weighted by atomic mass is 10.0. The molecule has 1 aliphatic heterocycles. The minimum Gasteiger partial charge on any atom is -0.478 e. The number of nitrogens with one attached hydrogen (secondary N) is 1. The van der Waals surface area contributed by atoms with Gasteiger partial charge in [-0.3, -0.25) is 14.9 Å². The summed E-state index contributed by atoms with van der Waals surface area (Å²) in [4.78, 5) is 59.3. The lowest BCUT2D eigenvalue weighted by Crippen LogP contribution is -2.58. The fourth-order valence-corrected chi connectivity index (χ4v) is 4.78. The van der Waals surface area contributed by atoms with Crippen LogP contribution >= 0.6 is 25.3 Å². The van der Waals surface area contributed by atoms with Crippen molar-refractivity contribution in [3.05, 3.63) is 12.2 Å². The summed E-state index contributed by atoms with van der Waals surface area (Å²) in [7, 11) is 0. The number of carboxylic acids is 2. The van der Waals surface area contributed by atoms with Gasteiger partial charge >= 0.3 is 23.9 Å². The first-order chi connectivity index (χ1) is 19.0. The molecule has 236 valence electrons. The second-order valence-electron chi connectivity index (χ2n) is 10.8. The number of unbranched alkanes of at least 4 members (excludes halogenated alkanes) is 4. The summed E-state index contributed by atoms with van der Waals surface area (Å²) in [6.45, 7) is 11.7. The second-order valence-corrected chi connectivity index (χ2v) is 12.8. The highest BCUT2D eigenvalue weighted by molar-refractivity contribution is 8.00. The van der Waals surface area contributed by atoms with Crippen molar-refractivity contribution in [2.24, 2.45) is 0 Å². The molecule has 0 aromatic carbocycles. The van der Waals surface area contributed by atoms with Gasteiger partial charge < -0.3 is 24.6 Å². The first-order valence-electron chi connectivity index (χ1n) is 14.0. The number of thiol groups is 2. The van der Waals surface area contributed by atoms with Crippen LogP contribution in [0.15, 0.2) is 12.2 Å². The molecular weight excluding hydrogens is 572 g/mol. The van der Waals surface area contributed by atoms with Crippen molar-refractivity contribution in [1.29, 1.82) is 0 Å². The fraction of sp³-hybridized carbons (Fsp3) is 0.750. The molecule has 1 fully saturated rings. The molecule has 0 radical (unpaired) electrons. The SMILES string of the molecule is CCCCCCCC(S)(S)[C@H](NC(C)C(=O)N1CCC[C@H]1C(=O)OC(C)(C)C)C(=O)OCC.O=C(O)/C=C\C(=O)O. The van der Waals surface area contributed by atoms with Gasteiger partial charge in [0, 0.05) is 18.7 Å². The molecule has 0 saturated carbocycles. The molecule has 0 spiro atoms. The highest BCUT2D eigenvalue weighted by Gasteiger charge is 2.43. The monoisotopic (exact) mass is 620 g/mol. The summed E-state index contributed by atoms with van der Waals surface area (Å²) in [5.41, 5.74) is -0.623. The van der Waals surface area contributed by atoms with Crippen molar-refractivity contribution in [1.82, 2.24) is 10.2 Å². The van der Waals surface area contributed by atoms with Gasteiger partial charge in [0.15, 0.2) is 0 Å². The molecule has 1 rings (SSSR count). The number of ether oxygens (including phenoxy) is 2. The number of aliphatic carboxylic acids is 2. The lowest BCUT2D eigenvalue weighted by Gasteiger charge is -2.35. The summed E-state index contributed by atoms with van der Waals surface area (Å²) < 4.78 is 9.78. The number of carbonyl (C=O) groups is 5. The first kappa shape index (κ1) is 38.8. The van der Waals surface area contributed by atoms with Crippen LogP contribution in [-0.4, -0.2) is 85.9 Å². The quantitative estimate of drug-likeness (QED) is 0.0598. The van der Waals surface area contributed by atoms with Gasteiger partial charge in [0.2, 0.25) is 5.91 Å². The Bertz CT molecular complexity index is 887. The molecule has 1 aliphatic rings. The summed E-state index contributed by atoms with van der Waals surface area (Å²) >= 11 is 9.38.